The molecule has 0 bridgehead atoms. The van der Waals surface area contributed by atoms with Crippen molar-refractivity contribution in [2.24, 2.45) is 5.92 Å². The van der Waals surface area contributed by atoms with Gasteiger partial charge in [-0.15, -0.1) is 0 Å². The number of carbonyl (C=O) groups excluding carboxylic acids is 1. The Balaban J connectivity index is 2.63. The van der Waals surface area contributed by atoms with E-state index in [1.165, 1.54) is 12.1 Å². The van der Waals surface area contributed by atoms with Gasteiger partial charge in [-0.05, 0) is 18.1 Å². The second-order valence-corrected chi connectivity index (χ2v) is 7.12. The van der Waals surface area contributed by atoms with E-state index in [0.717, 1.165) is 0 Å². The molecule has 0 aliphatic heterocycles. The third kappa shape index (κ3) is 5.18. The van der Waals surface area contributed by atoms with Gasteiger partial charge in [-0.25, -0.2) is 13.2 Å². The minimum Gasteiger partial charge on any atom is -0.480 e. The monoisotopic (exact) mass is 313 g/mol. The summed E-state index contributed by atoms with van der Waals surface area (Å²) in [6.45, 7) is 3.33. The highest BCUT2D eigenvalue weighted by atomic mass is 32.2. The summed E-state index contributed by atoms with van der Waals surface area (Å²) in [6, 6.07) is 6.81. The Hall–Kier alpha value is -1.89. The van der Waals surface area contributed by atoms with Crippen LogP contribution in [0.4, 0.5) is 0 Å². The molecule has 0 fully saturated rings. The molecule has 0 unspecified atom stereocenters. The first-order valence-corrected chi connectivity index (χ1v) is 8.19. The van der Waals surface area contributed by atoms with Crippen LogP contribution in [0.1, 0.15) is 20.3 Å². The van der Waals surface area contributed by atoms with Gasteiger partial charge in [-0.3, -0.25) is 4.79 Å². The molecule has 1 aromatic carbocycles. The molecule has 1 atom stereocenters. The van der Waals surface area contributed by atoms with E-state index in [4.69, 9.17) is 5.11 Å². The molecule has 0 spiro atoms. The van der Waals surface area contributed by atoms with E-state index in [-0.39, 0.29) is 23.0 Å². The molecule has 1 amide bonds. The first kappa shape index (κ1) is 17.2. The molecular formula is C14H19NO5S. The number of hydrogen-bond acceptors (Lipinski definition) is 4. The van der Waals surface area contributed by atoms with E-state index in [0.29, 0.717) is 0 Å². The highest BCUT2D eigenvalue weighted by Gasteiger charge is 2.24. The summed E-state index contributed by atoms with van der Waals surface area (Å²) in [5.41, 5.74) is 0. The minimum absolute atomic E-state index is 0.149. The fraction of sp³-hybridized carbons (Fsp3) is 0.429. The van der Waals surface area contributed by atoms with Crippen LogP contribution in [0.5, 0.6) is 0 Å². The Morgan fingerprint density at radius 2 is 1.76 bits per heavy atom. The Morgan fingerprint density at radius 3 is 2.24 bits per heavy atom. The number of aliphatic carboxylic acids is 1. The van der Waals surface area contributed by atoms with E-state index in [9.17, 15) is 18.0 Å². The van der Waals surface area contributed by atoms with Crippen LogP contribution in [0.15, 0.2) is 35.2 Å². The average molecular weight is 313 g/mol. The fourth-order valence-electron chi connectivity index (χ4n) is 1.73. The van der Waals surface area contributed by atoms with Gasteiger partial charge in [0.2, 0.25) is 5.91 Å². The van der Waals surface area contributed by atoms with Gasteiger partial charge in [0.1, 0.15) is 6.04 Å². The molecule has 0 aromatic heterocycles. The van der Waals surface area contributed by atoms with E-state index in [1.807, 2.05) is 0 Å². The summed E-state index contributed by atoms with van der Waals surface area (Å²) in [7, 11) is -3.54. The zero-order chi connectivity index (χ0) is 16.0. The number of carboxylic acids is 1. The zero-order valence-corrected chi connectivity index (χ0v) is 12.8. The predicted octanol–water partition coefficient (Wildman–Crippen LogP) is 1.08. The molecule has 7 heteroatoms. The smallest absolute Gasteiger partial charge is 0.326 e. The van der Waals surface area contributed by atoms with Crippen molar-refractivity contribution in [1.29, 1.82) is 0 Å². The lowest BCUT2D eigenvalue weighted by molar-refractivity contribution is -0.143. The Labute approximate surface area is 124 Å². The van der Waals surface area contributed by atoms with Gasteiger partial charge in [0.15, 0.2) is 9.84 Å². The molecule has 1 rings (SSSR count). The van der Waals surface area contributed by atoms with Crippen LogP contribution in [0, 0.1) is 5.92 Å². The Morgan fingerprint density at radius 1 is 1.19 bits per heavy atom. The van der Waals surface area contributed by atoms with E-state index in [2.05, 4.69) is 5.32 Å². The third-order valence-electron chi connectivity index (χ3n) is 2.95. The van der Waals surface area contributed by atoms with Crippen molar-refractivity contribution in [2.75, 3.05) is 5.75 Å². The molecule has 6 nitrogen and oxygen atoms in total. The molecule has 116 valence electrons. The quantitative estimate of drug-likeness (QED) is 0.784. The van der Waals surface area contributed by atoms with Crippen molar-refractivity contribution in [3.8, 4) is 0 Å². The van der Waals surface area contributed by atoms with Crippen LogP contribution in [-0.4, -0.2) is 37.2 Å². The van der Waals surface area contributed by atoms with Crippen molar-refractivity contribution < 1.29 is 23.1 Å². The van der Waals surface area contributed by atoms with Crippen molar-refractivity contribution >= 4 is 21.7 Å². The molecule has 0 saturated heterocycles. The first-order chi connectivity index (χ1) is 9.74. The number of hydrogen-bond donors (Lipinski definition) is 2. The second kappa shape index (κ2) is 7.21. The number of amides is 1. The molecule has 0 aliphatic carbocycles. The largest absolute Gasteiger partial charge is 0.480 e. The van der Waals surface area contributed by atoms with Gasteiger partial charge >= 0.3 is 5.97 Å². The first-order valence-electron chi connectivity index (χ1n) is 6.54. The lowest BCUT2D eigenvalue weighted by atomic mass is 10.0. The van der Waals surface area contributed by atoms with Gasteiger partial charge < -0.3 is 10.4 Å². The summed E-state index contributed by atoms with van der Waals surface area (Å²) in [4.78, 5) is 22.8. The lowest BCUT2D eigenvalue weighted by Crippen LogP contribution is -2.44. The van der Waals surface area contributed by atoms with Crippen LogP contribution < -0.4 is 5.32 Å². The predicted molar refractivity (Wildman–Crippen MR) is 77.5 cm³/mol. The number of rotatable bonds is 7. The number of carbonyl (C=O) groups is 2. The van der Waals surface area contributed by atoms with Gasteiger partial charge in [-0.1, -0.05) is 32.0 Å². The Kier molecular flexibility index (Phi) is 5.90. The molecule has 0 radical (unpaired) electrons. The van der Waals surface area contributed by atoms with Crippen molar-refractivity contribution in [2.45, 2.75) is 31.2 Å². The SMILES string of the molecule is CC(C)[C@@H](NC(=O)CCS(=O)(=O)c1ccccc1)C(=O)O. The summed E-state index contributed by atoms with van der Waals surface area (Å²) in [6.07, 6.45) is -0.270. The van der Waals surface area contributed by atoms with Crippen molar-refractivity contribution in [3.05, 3.63) is 30.3 Å². The van der Waals surface area contributed by atoms with Gasteiger partial charge in [-0.2, -0.15) is 0 Å². The third-order valence-corrected chi connectivity index (χ3v) is 4.68. The maximum Gasteiger partial charge on any atom is 0.326 e. The van der Waals surface area contributed by atoms with E-state index < -0.39 is 27.8 Å². The fourth-order valence-corrected chi connectivity index (χ4v) is 2.99. The van der Waals surface area contributed by atoms with Crippen LogP contribution in [0.2, 0.25) is 0 Å². The standard InChI is InChI=1S/C14H19NO5S/c1-10(2)13(14(17)18)15-12(16)8-9-21(19,20)11-6-4-3-5-7-11/h3-7,10,13H,8-9H2,1-2H3,(H,15,16)(H,17,18)/t13-/m1/s1. The lowest BCUT2D eigenvalue weighted by Gasteiger charge is -2.17. The second-order valence-electron chi connectivity index (χ2n) is 5.01. The Bertz CT molecular complexity index is 595. The topological polar surface area (TPSA) is 101 Å². The number of benzene rings is 1. The van der Waals surface area contributed by atoms with E-state index >= 15 is 0 Å². The highest BCUT2D eigenvalue weighted by molar-refractivity contribution is 7.91. The summed E-state index contributed by atoms with van der Waals surface area (Å²) in [5.74, 6) is -2.36. The molecule has 1 aromatic rings. The van der Waals surface area contributed by atoms with Crippen LogP contribution in [0.25, 0.3) is 0 Å². The summed E-state index contributed by atoms with van der Waals surface area (Å²) in [5, 5.41) is 11.3. The summed E-state index contributed by atoms with van der Waals surface area (Å²) < 4.78 is 24.0. The average Bonchev–Trinajstić information content (AvgIpc) is 2.43. The van der Waals surface area contributed by atoms with Crippen molar-refractivity contribution in [3.63, 3.8) is 0 Å². The number of nitrogens with one attached hydrogen (secondary N) is 1. The normalized spacial score (nSPS) is 12.9. The molecule has 0 aliphatic rings. The zero-order valence-electron chi connectivity index (χ0n) is 11.9. The molecule has 2 N–H and O–H groups in total. The van der Waals surface area contributed by atoms with Crippen LogP contribution in [0.3, 0.4) is 0 Å². The van der Waals surface area contributed by atoms with Crippen LogP contribution >= 0.6 is 0 Å². The number of carboxylic acid groups (broad SMARTS) is 1. The molecule has 0 saturated carbocycles. The maximum absolute atomic E-state index is 12.0. The van der Waals surface area contributed by atoms with E-state index in [1.54, 1.807) is 32.0 Å². The minimum atomic E-state index is -3.54. The van der Waals surface area contributed by atoms with Gasteiger partial charge in [0, 0.05) is 6.42 Å². The van der Waals surface area contributed by atoms with Crippen molar-refractivity contribution in [1.82, 2.24) is 5.32 Å². The molecular weight excluding hydrogens is 294 g/mol. The maximum atomic E-state index is 12.0. The highest BCUT2D eigenvalue weighted by Crippen LogP contribution is 2.11. The number of sulfone groups is 1. The summed E-state index contributed by atoms with van der Waals surface area (Å²) >= 11 is 0. The molecule has 21 heavy (non-hydrogen) atoms. The van der Waals surface area contributed by atoms with Gasteiger partial charge in [0.25, 0.3) is 0 Å². The van der Waals surface area contributed by atoms with Gasteiger partial charge in [0.05, 0.1) is 10.6 Å². The molecule has 0 heterocycles. The van der Waals surface area contributed by atoms with Crippen LogP contribution in [-0.2, 0) is 19.4 Å².